The van der Waals surface area contributed by atoms with Crippen molar-refractivity contribution in [3.63, 3.8) is 0 Å². The largest absolute Gasteiger partial charge is 0.338 e. The van der Waals surface area contributed by atoms with Gasteiger partial charge < -0.3 is 5.32 Å². The van der Waals surface area contributed by atoms with Gasteiger partial charge in [-0.05, 0) is 25.1 Å². The number of benzene rings is 1. The molecular weight excluding hydrogens is 310 g/mol. The van der Waals surface area contributed by atoms with Crippen LogP contribution in [0.2, 0.25) is 0 Å². The maximum Gasteiger partial charge on any atom is 0.321 e. The average Bonchev–Trinajstić information content (AvgIpc) is 2.97. The predicted octanol–water partition coefficient (Wildman–Crippen LogP) is 3.37. The number of rotatable bonds is 3. The van der Waals surface area contributed by atoms with Gasteiger partial charge in [-0.25, -0.2) is 9.78 Å². The van der Waals surface area contributed by atoms with Crippen molar-refractivity contribution < 1.29 is 4.79 Å². The summed E-state index contributed by atoms with van der Waals surface area (Å²) < 4.78 is 0.941. The van der Waals surface area contributed by atoms with Gasteiger partial charge in [-0.3, -0.25) is 10.3 Å². The number of nitrogens with one attached hydrogen (secondary N) is 2. The summed E-state index contributed by atoms with van der Waals surface area (Å²) in [6.45, 7) is 2.41. The predicted molar refractivity (Wildman–Crippen MR) is 90.3 cm³/mol. The molecule has 3 rings (SSSR count). The van der Waals surface area contributed by atoms with Crippen molar-refractivity contribution >= 4 is 32.7 Å². The number of hydrogen-bond donors (Lipinski definition) is 2. The third-order valence-electron chi connectivity index (χ3n) is 3.14. The Morgan fingerprint density at radius 1 is 1.35 bits per heavy atom. The van der Waals surface area contributed by atoms with E-state index in [1.165, 1.54) is 11.3 Å². The molecule has 0 aliphatic carbocycles. The van der Waals surface area contributed by atoms with Gasteiger partial charge in [0.1, 0.15) is 6.07 Å². The standard InChI is InChI=1S/C16H13N5OS/c1-2-18-15(22)21-16-20-13-5-3-4-11(14(13)23-16)12-7-6-10(8-17)9-19-12/h3-7,9H,2H2,1H3,(H2,18,20,21,22). The van der Waals surface area contributed by atoms with E-state index in [4.69, 9.17) is 5.26 Å². The Hall–Kier alpha value is -2.98. The molecule has 0 unspecified atom stereocenters. The van der Waals surface area contributed by atoms with E-state index in [1.807, 2.05) is 31.2 Å². The lowest BCUT2D eigenvalue weighted by atomic mass is 10.1. The number of carbonyl (C=O) groups excluding carboxylic acids is 1. The molecule has 0 bridgehead atoms. The van der Waals surface area contributed by atoms with Gasteiger partial charge in [-0.1, -0.05) is 23.5 Å². The van der Waals surface area contributed by atoms with Crippen LogP contribution in [0.25, 0.3) is 21.5 Å². The van der Waals surface area contributed by atoms with Crippen molar-refractivity contribution in [2.75, 3.05) is 11.9 Å². The topological polar surface area (TPSA) is 90.7 Å². The third kappa shape index (κ3) is 3.12. The van der Waals surface area contributed by atoms with Crippen LogP contribution in [0, 0.1) is 11.3 Å². The van der Waals surface area contributed by atoms with Crippen molar-refractivity contribution in [3.8, 4) is 17.3 Å². The number of pyridine rings is 1. The minimum Gasteiger partial charge on any atom is -0.338 e. The maximum absolute atomic E-state index is 11.6. The lowest BCUT2D eigenvalue weighted by molar-refractivity contribution is 0.252. The Bertz CT molecular complexity index is 895. The van der Waals surface area contributed by atoms with Crippen molar-refractivity contribution in [1.29, 1.82) is 5.26 Å². The van der Waals surface area contributed by atoms with Gasteiger partial charge in [-0.2, -0.15) is 5.26 Å². The molecule has 1 aromatic carbocycles. The number of urea groups is 1. The minimum atomic E-state index is -0.274. The SMILES string of the molecule is CCNC(=O)Nc1nc2cccc(-c3ccc(C#N)cn3)c2s1. The van der Waals surface area contributed by atoms with Gasteiger partial charge in [0.2, 0.25) is 0 Å². The van der Waals surface area contributed by atoms with Crippen LogP contribution in [0.15, 0.2) is 36.5 Å². The molecule has 2 heterocycles. The molecule has 2 N–H and O–H groups in total. The molecule has 0 saturated carbocycles. The molecule has 0 saturated heterocycles. The fraction of sp³-hybridized carbons (Fsp3) is 0.125. The zero-order valence-electron chi connectivity index (χ0n) is 12.3. The maximum atomic E-state index is 11.6. The molecule has 2 aromatic heterocycles. The van der Waals surface area contributed by atoms with Crippen LogP contribution in [0.3, 0.4) is 0 Å². The van der Waals surface area contributed by atoms with E-state index < -0.39 is 0 Å². The summed E-state index contributed by atoms with van der Waals surface area (Å²) in [5, 5.41) is 14.8. The third-order valence-corrected chi connectivity index (χ3v) is 4.16. The number of hydrogen-bond acceptors (Lipinski definition) is 5. The molecule has 0 aliphatic rings. The highest BCUT2D eigenvalue weighted by Crippen LogP contribution is 2.34. The van der Waals surface area contributed by atoms with Crippen molar-refractivity contribution in [3.05, 3.63) is 42.1 Å². The molecule has 0 radical (unpaired) electrons. The Balaban J connectivity index is 1.99. The first kappa shape index (κ1) is 14.9. The van der Waals surface area contributed by atoms with Gasteiger partial charge >= 0.3 is 6.03 Å². The van der Waals surface area contributed by atoms with Crippen LogP contribution >= 0.6 is 11.3 Å². The van der Waals surface area contributed by atoms with Gasteiger partial charge in [-0.15, -0.1) is 0 Å². The molecule has 114 valence electrons. The number of thiazole rings is 1. The number of carbonyl (C=O) groups is 1. The number of anilines is 1. The zero-order valence-corrected chi connectivity index (χ0v) is 13.1. The summed E-state index contributed by atoms with van der Waals surface area (Å²) in [4.78, 5) is 20.4. The van der Waals surface area contributed by atoms with E-state index in [-0.39, 0.29) is 6.03 Å². The first-order valence-corrected chi connectivity index (χ1v) is 7.84. The smallest absolute Gasteiger partial charge is 0.321 e. The van der Waals surface area contributed by atoms with Crippen molar-refractivity contribution in [2.45, 2.75) is 6.92 Å². The number of aromatic nitrogens is 2. The zero-order chi connectivity index (χ0) is 16.2. The normalized spacial score (nSPS) is 10.3. The van der Waals surface area contributed by atoms with Gasteiger partial charge in [0.25, 0.3) is 0 Å². The highest BCUT2D eigenvalue weighted by Gasteiger charge is 2.12. The first-order chi connectivity index (χ1) is 11.2. The summed E-state index contributed by atoms with van der Waals surface area (Å²) >= 11 is 1.39. The molecular formula is C16H13N5OS. The lowest BCUT2D eigenvalue weighted by Crippen LogP contribution is -2.28. The fourth-order valence-corrected chi connectivity index (χ4v) is 3.11. The van der Waals surface area contributed by atoms with Gasteiger partial charge in [0.15, 0.2) is 5.13 Å². The molecule has 0 fully saturated rings. The second-order valence-corrected chi connectivity index (χ2v) is 5.70. The second kappa shape index (κ2) is 6.42. The van der Waals surface area contributed by atoms with Crippen LogP contribution in [-0.2, 0) is 0 Å². The fourth-order valence-electron chi connectivity index (χ4n) is 2.13. The van der Waals surface area contributed by atoms with Crippen molar-refractivity contribution in [2.24, 2.45) is 0 Å². The molecule has 23 heavy (non-hydrogen) atoms. The monoisotopic (exact) mass is 323 g/mol. The Morgan fingerprint density at radius 2 is 2.22 bits per heavy atom. The van der Waals surface area contributed by atoms with Crippen LogP contribution in [0.4, 0.5) is 9.93 Å². The van der Waals surface area contributed by atoms with Gasteiger partial charge in [0, 0.05) is 18.3 Å². The number of amides is 2. The summed E-state index contributed by atoms with van der Waals surface area (Å²) in [5.74, 6) is 0. The summed E-state index contributed by atoms with van der Waals surface area (Å²) in [6, 6.07) is 11.1. The Morgan fingerprint density at radius 3 is 2.91 bits per heavy atom. The summed E-state index contributed by atoms with van der Waals surface area (Å²) in [7, 11) is 0. The van der Waals surface area contributed by atoms with Crippen molar-refractivity contribution in [1.82, 2.24) is 15.3 Å². The highest BCUT2D eigenvalue weighted by molar-refractivity contribution is 7.22. The molecule has 7 heteroatoms. The quantitative estimate of drug-likeness (QED) is 0.773. The van der Waals surface area contributed by atoms with E-state index in [1.54, 1.807) is 12.3 Å². The van der Waals surface area contributed by atoms with Gasteiger partial charge in [0.05, 0.1) is 21.5 Å². The summed E-state index contributed by atoms with van der Waals surface area (Å²) in [5.41, 5.74) is 3.01. The Kier molecular flexibility index (Phi) is 4.17. The van der Waals surface area contributed by atoms with E-state index in [0.717, 1.165) is 21.5 Å². The van der Waals surface area contributed by atoms with Crippen LogP contribution in [0.5, 0.6) is 0 Å². The molecule has 2 amide bonds. The van der Waals surface area contributed by atoms with Crippen LogP contribution in [-0.4, -0.2) is 22.5 Å². The molecule has 6 nitrogen and oxygen atoms in total. The molecule has 0 aliphatic heterocycles. The average molecular weight is 323 g/mol. The lowest BCUT2D eigenvalue weighted by Gasteiger charge is -2.01. The number of nitriles is 1. The van der Waals surface area contributed by atoms with Crippen LogP contribution in [0.1, 0.15) is 12.5 Å². The molecule has 0 atom stereocenters. The Labute approximate surface area is 136 Å². The second-order valence-electron chi connectivity index (χ2n) is 4.70. The molecule has 3 aromatic rings. The number of nitrogens with zero attached hydrogens (tertiary/aromatic N) is 3. The van der Waals surface area contributed by atoms with E-state index >= 15 is 0 Å². The summed E-state index contributed by atoms with van der Waals surface area (Å²) in [6.07, 6.45) is 1.54. The van der Waals surface area contributed by atoms with Crippen LogP contribution < -0.4 is 10.6 Å². The number of fused-ring (bicyclic) bond motifs is 1. The molecule has 0 spiro atoms. The van der Waals surface area contributed by atoms with E-state index in [0.29, 0.717) is 17.2 Å². The highest BCUT2D eigenvalue weighted by atomic mass is 32.1. The first-order valence-electron chi connectivity index (χ1n) is 7.02. The van der Waals surface area contributed by atoms with E-state index in [2.05, 4.69) is 26.7 Å². The minimum absolute atomic E-state index is 0.274. The van der Waals surface area contributed by atoms with E-state index in [9.17, 15) is 4.79 Å².